The minimum absolute atomic E-state index is 0.0463. The summed E-state index contributed by atoms with van der Waals surface area (Å²) in [7, 11) is -3.81. The van der Waals surface area contributed by atoms with Crippen LogP contribution in [0, 0.1) is 0 Å². The molecule has 6 heteroatoms. The van der Waals surface area contributed by atoms with E-state index in [4.69, 9.17) is 8.85 Å². The number of carbonyl (C=O) groups is 1. The van der Waals surface area contributed by atoms with Crippen LogP contribution in [0.5, 0.6) is 0 Å². The fourth-order valence-corrected chi connectivity index (χ4v) is 5.52. The first-order chi connectivity index (χ1) is 11.4. The molecule has 1 fully saturated rings. The maximum Gasteiger partial charge on any atom is 0.328 e. The Balaban J connectivity index is 3.02. The number of rotatable bonds is 5. The summed E-state index contributed by atoms with van der Waals surface area (Å²) in [5, 5.41) is 9.49. The molecule has 0 heterocycles. The van der Waals surface area contributed by atoms with Crippen LogP contribution < -0.4 is 0 Å². The molecule has 2 atom stereocenters. The third-order valence-electron chi connectivity index (χ3n) is 6.37. The van der Waals surface area contributed by atoms with Crippen molar-refractivity contribution >= 4 is 22.6 Å². The van der Waals surface area contributed by atoms with Crippen molar-refractivity contribution in [2.75, 3.05) is 0 Å². The highest BCUT2D eigenvalue weighted by Gasteiger charge is 2.43. The summed E-state index contributed by atoms with van der Waals surface area (Å²) >= 11 is 0. The number of carboxylic acid groups (broad SMARTS) is 1. The van der Waals surface area contributed by atoms with E-state index < -0.39 is 22.6 Å². The van der Waals surface area contributed by atoms with Gasteiger partial charge in [-0.2, -0.15) is 0 Å². The first kappa shape index (κ1) is 23.6. The lowest BCUT2D eigenvalue weighted by Gasteiger charge is -2.45. The molecule has 1 aliphatic carbocycles. The lowest BCUT2D eigenvalue weighted by molar-refractivity contribution is -0.131. The molecule has 26 heavy (non-hydrogen) atoms. The van der Waals surface area contributed by atoms with Crippen LogP contribution >= 0.6 is 0 Å². The van der Waals surface area contributed by atoms with Gasteiger partial charge in [-0.25, -0.2) is 4.79 Å². The SMILES string of the molecule is CC(C)(C)[Si](C)(C)O[C@@H]1CC(=CC(=O)O)C[C@@H](O[Si](C)(C)C(C)(C)C)C1. The molecule has 0 bridgehead atoms. The van der Waals surface area contributed by atoms with Gasteiger partial charge in [-0.3, -0.25) is 0 Å². The lowest BCUT2D eigenvalue weighted by Crippen LogP contribution is -2.49. The van der Waals surface area contributed by atoms with E-state index in [1.807, 2.05) is 0 Å². The molecule has 0 saturated heterocycles. The van der Waals surface area contributed by atoms with E-state index in [2.05, 4.69) is 67.7 Å². The third-order valence-corrected chi connectivity index (χ3v) is 15.4. The van der Waals surface area contributed by atoms with Crippen molar-refractivity contribution in [3.8, 4) is 0 Å². The predicted molar refractivity (Wildman–Crippen MR) is 114 cm³/mol. The summed E-state index contributed by atoms with van der Waals surface area (Å²) in [6.07, 6.45) is 3.72. The minimum Gasteiger partial charge on any atom is -0.478 e. The summed E-state index contributed by atoms with van der Waals surface area (Å²) in [5.74, 6) is -0.876. The van der Waals surface area contributed by atoms with E-state index in [1.54, 1.807) is 0 Å². The van der Waals surface area contributed by atoms with E-state index >= 15 is 0 Å². The molecule has 0 aromatic carbocycles. The molecule has 1 rings (SSSR count). The minimum atomic E-state index is -1.91. The van der Waals surface area contributed by atoms with Gasteiger partial charge in [0, 0.05) is 6.08 Å². The fraction of sp³-hybridized carbons (Fsp3) is 0.850. The molecule has 0 radical (unpaired) electrons. The van der Waals surface area contributed by atoms with E-state index in [9.17, 15) is 9.90 Å². The monoisotopic (exact) mass is 400 g/mol. The summed E-state index contributed by atoms with van der Waals surface area (Å²) in [6.45, 7) is 22.4. The Labute approximate surface area is 162 Å². The Hall–Kier alpha value is -0.436. The van der Waals surface area contributed by atoms with Gasteiger partial charge in [0.1, 0.15) is 0 Å². The topological polar surface area (TPSA) is 55.8 Å². The van der Waals surface area contributed by atoms with Crippen molar-refractivity contribution in [1.29, 1.82) is 0 Å². The van der Waals surface area contributed by atoms with Gasteiger partial charge in [0.15, 0.2) is 16.6 Å². The highest BCUT2D eigenvalue weighted by molar-refractivity contribution is 6.74. The molecule has 4 nitrogen and oxygen atoms in total. The molecule has 1 N–H and O–H groups in total. The van der Waals surface area contributed by atoms with Crippen LogP contribution in [0.1, 0.15) is 60.8 Å². The number of hydrogen-bond donors (Lipinski definition) is 1. The zero-order chi connectivity index (χ0) is 20.6. The van der Waals surface area contributed by atoms with Crippen molar-refractivity contribution in [2.24, 2.45) is 0 Å². The van der Waals surface area contributed by atoms with Gasteiger partial charge in [-0.15, -0.1) is 0 Å². The zero-order valence-electron chi connectivity index (χ0n) is 18.5. The van der Waals surface area contributed by atoms with E-state index in [1.165, 1.54) is 6.08 Å². The maximum atomic E-state index is 11.2. The number of carboxylic acids is 1. The first-order valence-electron chi connectivity index (χ1n) is 9.72. The summed E-state index contributed by atoms with van der Waals surface area (Å²) in [6, 6.07) is 0. The van der Waals surface area contributed by atoms with Gasteiger partial charge in [0.25, 0.3) is 0 Å². The molecule has 0 aromatic rings. The predicted octanol–water partition coefficient (Wildman–Crippen LogP) is 5.96. The largest absolute Gasteiger partial charge is 0.478 e. The van der Waals surface area contributed by atoms with Crippen molar-refractivity contribution in [3.63, 3.8) is 0 Å². The highest BCUT2D eigenvalue weighted by atomic mass is 28.4. The van der Waals surface area contributed by atoms with Crippen LogP contribution in [-0.2, 0) is 13.6 Å². The smallest absolute Gasteiger partial charge is 0.328 e. The maximum absolute atomic E-state index is 11.2. The van der Waals surface area contributed by atoms with Crippen LogP contribution in [0.15, 0.2) is 11.6 Å². The molecule has 152 valence electrons. The second-order valence-electron chi connectivity index (χ2n) is 10.8. The Bertz CT molecular complexity index is 501. The van der Waals surface area contributed by atoms with E-state index in [0.717, 1.165) is 12.0 Å². The lowest BCUT2D eigenvalue weighted by atomic mass is 9.90. The van der Waals surface area contributed by atoms with Crippen LogP contribution in [0.25, 0.3) is 0 Å². The summed E-state index contributed by atoms with van der Waals surface area (Å²) in [5.41, 5.74) is 0.941. The molecule has 0 spiro atoms. The molecule has 1 aliphatic rings. The van der Waals surface area contributed by atoms with Crippen molar-refractivity contribution < 1.29 is 18.8 Å². The molecule has 0 unspecified atom stereocenters. The first-order valence-corrected chi connectivity index (χ1v) is 15.5. The average molecular weight is 401 g/mol. The summed E-state index contributed by atoms with van der Waals surface area (Å²) < 4.78 is 13.3. The standard InChI is InChI=1S/C20H40O4Si2/c1-19(2,3)25(7,8)23-16-11-15(13-18(21)22)12-17(14-16)24-26(9,10)20(4,5)6/h13,16-17H,11-12,14H2,1-10H3,(H,21,22)/t16-,17-/m1/s1. The van der Waals surface area contributed by atoms with Gasteiger partial charge < -0.3 is 14.0 Å². The van der Waals surface area contributed by atoms with Crippen LogP contribution in [0.3, 0.4) is 0 Å². The van der Waals surface area contributed by atoms with Gasteiger partial charge in [-0.1, -0.05) is 47.1 Å². The molecular weight excluding hydrogens is 360 g/mol. The Kier molecular flexibility index (Phi) is 7.17. The van der Waals surface area contributed by atoms with Gasteiger partial charge in [0.2, 0.25) is 0 Å². The van der Waals surface area contributed by atoms with Crippen LogP contribution in [0.4, 0.5) is 0 Å². The van der Waals surface area contributed by atoms with Crippen molar-refractivity contribution in [3.05, 3.63) is 11.6 Å². The second-order valence-corrected chi connectivity index (χ2v) is 20.3. The van der Waals surface area contributed by atoms with Crippen LogP contribution in [0.2, 0.25) is 36.3 Å². The zero-order valence-corrected chi connectivity index (χ0v) is 20.5. The fourth-order valence-electron chi connectivity index (χ4n) is 2.79. The summed E-state index contributed by atoms with van der Waals surface area (Å²) in [4.78, 5) is 11.2. The van der Waals surface area contributed by atoms with Gasteiger partial charge in [0.05, 0.1) is 12.2 Å². The van der Waals surface area contributed by atoms with Crippen LogP contribution in [-0.4, -0.2) is 39.9 Å². The molecule has 0 aromatic heterocycles. The second kappa shape index (κ2) is 7.90. The molecule has 1 saturated carbocycles. The van der Waals surface area contributed by atoms with E-state index in [0.29, 0.717) is 12.8 Å². The highest BCUT2D eigenvalue weighted by Crippen LogP contribution is 2.42. The van der Waals surface area contributed by atoms with Crippen molar-refractivity contribution in [2.45, 2.75) is 109 Å². The quantitative estimate of drug-likeness (QED) is 0.457. The van der Waals surface area contributed by atoms with Gasteiger partial charge >= 0.3 is 5.97 Å². The number of hydrogen-bond acceptors (Lipinski definition) is 3. The van der Waals surface area contributed by atoms with Gasteiger partial charge in [-0.05, 0) is 55.5 Å². The molecule has 0 amide bonds. The average Bonchev–Trinajstić information content (AvgIpc) is 2.32. The number of aliphatic carboxylic acids is 1. The van der Waals surface area contributed by atoms with E-state index in [-0.39, 0.29) is 22.3 Å². The molecular formula is C20H40O4Si2. The molecule has 0 aliphatic heterocycles. The Morgan fingerprint density at radius 3 is 1.54 bits per heavy atom. The van der Waals surface area contributed by atoms with Crippen molar-refractivity contribution in [1.82, 2.24) is 0 Å². The Morgan fingerprint density at radius 2 is 1.27 bits per heavy atom. The Morgan fingerprint density at radius 1 is 0.923 bits per heavy atom. The normalized spacial score (nSPS) is 23.1. The third kappa shape index (κ3) is 6.32.